The molecule has 1 aliphatic carbocycles. The normalized spacial score (nSPS) is 23.9. The number of amides is 1. The highest BCUT2D eigenvalue weighted by Gasteiger charge is 2.48. The van der Waals surface area contributed by atoms with Crippen LogP contribution in [0.5, 0.6) is 5.75 Å². The summed E-state index contributed by atoms with van der Waals surface area (Å²) in [5, 5.41) is 2.82. The highest BCUT2D eigenvalue weighted by atomic mass is 16.6. The molecule has 1 N–H and O–H groups in total. The monoisotopic (exact) mass is 349 g/mol. The molecular formula is C19H27NO5. The summed E-state index contributed by atoms with van der Waals surface area (Å²) >= 11 is 0. The SMILES string of the molecule is COc1cccc(C2(NC(=O)OC(C)(C)C)CCCC(OC)C2=O)c1. The molecular weight excluding hydrogens is 322 g/mol. The lowest BCUT2D eigenvalue weighted by Gasteiger charge is -2.40. The molecule has 0 aromatic heterocycles. The second-order valence-electron chi connectivity index (χ2n) is 7.25. The van der Waals surface area contributed by atoms with E-state index in [0.29, 0.717) is 24.2 Å². The van der Waals surface area contributed by atoms with Crippen LogP contribution in [-0.4, -0.2) is 37.8 Å². The Labute approximate surface area is 148 Å². The molecule has 1 amide bonds. The molecule has 0 spiro atoms. The largest absolute Gasteiger partial charge is 0.497 e. The Balaban J connectivity index is 2.44. The highest BCUT2D eigenvalue weighted by molar-refractivity contribution is 5.96. The van der Waals surface area contributed by atoms with Crippen molar-refractivity contribution < 1.29 is 23.8 Å². The van der Waals surface area contributed by atoms with E-state index in [1.165, 1.54) is 7.11 Å². The first kappa shape index (κ1) is 19.2. The summed E-state index contributed by atoms with van der Waals surface area (Å²) in [6.45, 7) is 5.35. The maximum absolute atomic E-state index is 13.1. The fraction of sp³-hybridized carbons (Fsp3) is 0.579. The average Bonchev–Trinajstić information content (AvgIpc) is 2.55. The number of hydrogen-bond acceptors (Lipinski definition) is 5. The molecule has 2 atom stereocenters. The smallest absolute Gasteiger partial charge is 0.408 e. The molecule has 25 heavy (non-hydrogen) atoms. The van der Waals surface area contributed by atoms with Crippen LogP contribution in [0.2, 0.25) is 0 Å². The molecule has 0 aliphatic heterocycles. The molecule has 1 saturated carbocycles. The van der Waals surface area contributed by atoms with E-state index in [-0.39, 0.29) is 5.78 Å². The van der Waals surface area contributed by atoms with Crippen molar-refractivity contribution >= 4 is 11.9 Å². The molecule has 0 heterocycles. The number of benzene rings is 1. The number of methoxy groups -OCH3 is 2. The summed E-state index contributed by atoms with van der Waals surface area (Å²) < 4.78 is 16.0. The van der Waals surface area contributed by atoms with E-state index >= 15 is 0 Å². The summed E-state index contributed by atoms with van der Waals surface area (Å²) in [5.74, 6) is 0.454. The van der Waals surface area contributed by atoms with Gasteiger partial charge in [0.1, 0.15) is 23.0 Å². The average molecular weight is 349 g/mol. The quantitative estimate of drug-likeness (QED) is 0.904. The Hall–Kier alpha value is -2.08. The zero-order chi connectivity index (χ0) is 18.7. The van der Waals surface area contributed by atoms with Gasteiger partial charge in [0.2, 0.25) is 0 Å². The summed E-state index contributed by atoms with van der Waals surface area (Å²) in [7, 11) is 3.07. The second-order valence-corrected chi connectivity index (χ2v) is 7.25. The van der Waals surface area contributed by atoms with Gasteiger partial charge in [-0.25, -0.2) is 4.79 Å². The maximum Gasteiger partial charge on any atom is 0.408 e. The van der Waals surface area contributed by atoms with Crippen molar-refractivity contribution in [2.45, 2.75) is 57.3 Å². The lowest BCUT2D eigenvalue weighted by Crippen LogP contribution is -2.58. The molecule has 0 radical (unpaired) electrons. The van der Waals surface area contributed by atoms with Gasteiger partial charge >= 0.3 is 6.09 Å². The number of ether oxygens (including phenoxy) is 3. The molecule has 6 heteroatoms. The van der Waals surface area contributed by atoms with Gasteiger partial charge in [0.15, 0.2) is 5.78 Å². The van der Waals surface area contributed by atoms with E-state index in [1.54, 1.807) is 46.1 Å². The van der Waals surface area contributed by atoms with Crippen molar-refractivity contribution in [3.63, 3.8) is 0 Å². The number of Topliss-reactive ketones (excluding diaryl/α,β-unsaturated/α-hetero) is 1. The maximum atomic E-state index is 13.1. The Morgan fingerprint density at radius 2 is 2.00 bits per heavy atom. The molecule has 6 nitrogen and oxygen atoms in total. The van der Waals surface area contributed by atoms with Crippen molar-refractivity contribution in [3.05, 3.63) is 29.8 Å². The Bertz CT molecular complexity index is 637. The number of ketones is 1. The molecule has 138 valence electrons. The van der Waals surface area contributed by atoms with Crippen LogP contribution >= 0.6 is 0 Å². The molecule has 2 unspecified atom stereocenters. The predicted octanol–water partition coefficient (Wildman–Crippen LogP) is 3.18. The molecule has 1 aromatic carbocycles. The van der Waals surface area contributed by atoms with Crippen molar-refractivity contribution in [2.24, 2.45) is 0 Å². The lowest BCUT2D eigenvalue weighted by molar-refractivity contribution is -0.140. The Morgan fingerprint density at radius 1 is 1.28 bits per heavy atom. The lowest BCUT2D eigenvalue weighted by atomic mass is 9.74. The minimum atomic E-state index is -1.18. The third-order valence-corrected chi connectivity index (χ3v) is 4.29. The van der Waals surface area contributed by atoms with Gasteiger partial charge in [0.05, 0.1) is 7.11 Å². The zero-order valence-electron chi connectivity index (χ0n) is 15.5. The van der Waals surface area contributed by atoms with E-state index in [1.807, 2.05) is 6.07 Å². The van der Waals surface area contributed by atoms with Crippen molar-refractivity contribution in [1.29, 1.82) is 0 Å². The van der Waals surface area contributed by atoms with Crippen LogP contribution in [0.25, 0.3) is 0 Å². The number of carbonyl (C=O) groups excluding carboxylic acids is 2. The number of nitrogens with one attached hydrogen (secondary N) is 1. The molecule has 2 rings (SSSR count). The van der Waals surface area contributed by atoms with Crippen LogP contribution < -0.4 is 10.1 Å². The minimum Gasteiger partial charge on any atom is -0.497 e. The fourth-order valence-electron chi connectivity index (χ4n) is 3.16. The molecule has 1 fully saturated rings. The van der Waals surface area contributed by atoms with Crippen LogP contribution in [0.1, 0.15) is 45.6 Å². The number of carbonyl (C=O) groups is 2. The summed E-state index contributed by atoms with van der Waals surface area (Å²) in [6, 6.07) is 7.19. The summed E-state index contributed by atoms with van der Waals surface area (Å²) in [5.41, 5.74) is -1.17. The first-order valence-electron chi connectivity index (χ1n) is 8.44. The van der Waals surface area contributed by atoms with Crippen LogP contribution in [-0.2, 0) is 19.8 Å². The first-order valence-corrected chi connectivity index (χ1v) is 8.44. The first-order chi connectivity index (χ1) is 11.7. The van der Waals surface area contributed by atoms with Crippen molar-refractivity contribution in [1.82, 2.24) is 5.32 Å². The van der Waals surface area contributed by atoms with Crippen LogP contribution in [0.4, 0.5) is 4.79 Å². The van der Waals surface area contributed by atoms with E-state index in [9.17, 15) is 9.59 Å². The molecule has 1 aliphatic rings. The van der Waals surface area contributed by atoms with E-state index in [0.717, 1.165) is 6.42 Å². The minimum absolute atomic E-state index is 0.166. The number of rotatable bonds is 4. The van der Waals surface area contributed by atoms with Gasteiger partial charge in [-0.3, -0.25) is 4.79 Å². The zero-order valence-corrected chi connectivity index (χ0v) is 15.5. The summed E-state index contributed by atoms with van der Waals surface area (Å²) in [6.07, 6.45) is 0.683. The van der Waals surface area contributed by atoms with Gasteiger partial charge in [-0.1, -0.05) is 12.1 Å². The van der Waals surface area contributed by atoms with Gasteiger partial charge in [-0.2, -0.15) is 0 Å². The standard InChI is InChI=1S/C19H27NO5/c1-18(2,3)25-17(22)20-19(11-7-10-15(24-5)16(19)21)13-8-6-9-14(12-13)23-4/h6,8-9,12,15H,7,10-11H2,1-5H3,(H,20,22). The van der Waals surface area contributed by atoms with Crippen LogP contribution in [0.15, 0.2) is 24.3 Å². The second kappa shape index (κ2) is 7.44. The Morgan fingerprint density at radius 3 is 2.60 bits per heavy atom. The molecule has 0 bridgehead atoms. The third kappa shape index (κ3) is 4.31. The third-order valence-electron chi connectivity index (χ3n) is 4.29. The van der Waals surface area contributed by atoms with Gasteiger partial charge in [-0.05, 0) is 57.7 Å². The van der Waals surface area contributed by atoms with Gasteiger partial charge in [-0.15, -0.1) is 0 Å². The van der Waals surface area contributed by atoms with Crippen LogP contribution in [0, 0.1) is 0 Å². The van der Waals surface area contributed by atoms with E-state index < -0.39 is 23.3 Å². The van der Waals surface area contributed by atoms with E-state index in [2.05, 4.69) is 5.32 Å². The Kier molecular flexibility index (Phi) is 5.72. The van der Waals surface area contributed by atoms with Crippen molar-refractivity contribution in [2.75, 3.05) is 14.2 Å². The van der Waals surface area contributed by atoms with Crippen molar-refractivity contribution in [3.8, 4) is 5.75 Å². The highest BCUT2D eigenvalue weighted by Crippen LogP contribution is 2.37. The fourth-order valence-corrected chi connectivity index (χ4v) is 3.16. The number of alkyl carbamates (subject to hydrolysis) is 1. The molecule has 0 saturated heterocycles. The summed E-state index contributed by atoms with van der Waals surface area (Å²) in [4.78, 5) is 25.6. The topological polar surface area (TPSA) is 73.9 Å². The van der Waals surface area contributed by atoms with Gasteiger partial charge < -0.3 is 19.5 Å². The van der Waals surface area contributed by atoms with E-state index in [4.69, 9.17) is 14.2 Å². The number of hydrogen-bond donors (Lipinski definition) is 1. The van der Waals surface area contributed by atoms with Gasteiger partial charge in [0.25, 0.3) is 0 Å². The van der Waals surface area contributed by atoms with Crippen LogP contribution in [0.3, 0.4) is 0 Å². The van der Waals surface area contributed by atoms with Gasteiger partial charge in [0, 0.05) is 7.11 Å². The molecule has 1 aromatic rings. The predicted molar refractivity (Wildman–Crippen MR) is 93.7 cm³/mol.